The lowest BCUT2D eigenvalue weighted by molar-refractivity contribution is -0.127. The number of ether oxygens (including phenoxy) is 1. The molecule has 1 spiro atoms. The number of para-hydroxylation sites is 1. The SMILES string of the molecule is CC(C)(C)CCN1CCC2(CCOc3ccccc3S(=O)(=O)N3C[C@H](O)C[C@H]3C(=O)N2)CC1. The number of benzene rings is 1. The number of nitrogens with one attached hydrogen (secondary N) is 1. The number of aliphatic hydroxyl groups excluding tert-OH is 1. The number of carbonyl (C=O) groups is 1. The molecule has 2 fully saturated rings. The molecule has 2 saturated heterocycles. The van der Waals surface area contributed by atoms with Gasteiger partial charge in [-0.3, -0.25) is 4.79 Å². The summed E-state index contributed by atoms with van der Waals surface area (Å²) in [5.74, 6) is -0.0256. The third kappa shape index (κ3) is 5.37. The first kappa shape index (κ1) is 24.4. The highest BCUT2D eigenvalue weighted by molar-refractivity contribution is 7.89. The molecule has 3 heterocycles. The van der Waals surface area contributed by atoms with E-state index in [-0.39, 0.29) is 29.2 Å². The second-order valence-electron chi connectivity index (χ2n) is 10.9. The Morgan fingerprint density at radius 1 is 1.18 bits per heavy atom. The summed E-state index contributed by atoms with van der Waals surface area (Å²) in [7, 11) is -3.99. The lowest BCUT2D eigenvalue weighted by Gasteiger charge is -2.43. The average Bonchev–Trinajstić information content (AvgIpc) is 3.15. The van der Waals surface area contributed by atoms with Gasteiger partial charge in [-0.15, -0.1) is 0 Å². The van der Waals surface area contributed by atoms with Crippen molar-refractivity contribution in [1.29, 1.82) is 0 Å². The van der Waals surface area contributed by atoms with E-state index >= 15 is 0 Å². The number of nitrogens with zero attached hydrogens (tertiary/aromatic N) is 2. The zero-order chi connectivity index (χ0) is 23.9. The highest BCUT2D eigenvalue weighted by atomic mass is 32.2. The van der Waals surface area contributed by atoms with Gasteiger partial charge < -0.3 is 20.1 Å². The third-order valence-corrected chi connectivity index (χ3v) is 9.10. The van der Waals surface area contributed by atoms with Gasteiger partial charge in [0, 0.05) is 38.0 Å². The van der Waals surface area contributed by atoms with Crippen LogP contribution in [0.5, 0.6) is 5.75 Å². The molecule has 1 aromatic carbocycles. The van der Waals surface area contributed by atoms with Gasteiger partial charge in [-0.25, -0.2) is 8.42 Å². The van der Waals surface area contributed by atoms with Gasteiger partial charge in [-0.05, 0) is 43.4 Å². The summed E-state index contributed by atoms with van der Waals surface area (Å²) in [4.78, 5) is 15.9. The van der Waals surface area contributed by atoms with Crippen LogP contribution < -0.4 is 10.1 Å². The van der Waals surface area contributed by atoms with E-state index in [2.05, 4.69) is 31.0 Å². The van der Waals surface area contributed by atoms with Crippen molar-refractivity contribution in [3.05, 3.63) is 24.3 Å². The summed E-state index contributed by atoms with van der Waals surface area (Å²) >= 11 is 0. The zero-order valence-electron chi connectivity index (χ0n) is 19.9. The molecule has 4 rings (SSSR count). The van der Waals surface area contributed by atoms with Gasteiger partial charge in [-0.2, -0.15) is 4.31 Å². The average molecular weight is 480 g/mol. The van der Waals surface area contributed by atoms with Crippen LogP contribution in [-0.2, 0) is 14.8 Å². The third-order valence-electron chi connectivity index (χ3n) is 7.19. The van der Waals surface area contributed by atoms with Crippen LogP contribution in [0.1, 0.15) is 52.9 Å². The number of likely N-dealkylation sites (tertiary alicyclic amines) is 1. The second kappa shape index (κ2) is 9.17. The molecule has 0 aromatic heterocycles. The van der Waals surface area contributed by atoms with Crippen LogP contribution in [0.15, 0.2) is 29.2 Å². The summed E-state index contributed by atoms with van der Waals surface area (Å²) in [6.45, 7) is 9.74. The highest BCUT2D eigenvalue weighted by Gasteiger charge is 2.47. The number of rotatable bonds is 2. The van der Waals surface area contributed by atoms with Gasteiger partial charge in [0.25, 0.3) is 0 Å². The van der Waals surface area contributed by atoms with Crippen LogP contribution in [0.25, 0.3) is 0 Å². The number of hydrogen-bond donors (Lipinski definition) is 2. The van der Waals surface area contributed by atoms with Gasteiger partial charge in [0.15, 0.2) is 0 Å². The van der Waals surface area contributed by atoms with Gasteiger partial charge in [0.2, 0.25) is 15.9 Å². The van der Waals surface area contributed by atoms with Gasteiger partial charge in [-0.1, -0.05) is 32.9 Å². The molecule has 33 heavy (non-hydrogen) atoms. The predicted octanol–water partition coefficient (Wildman–Crippen LogP) is 1.98. The van der Waals surface area contributed by atoms with Gasteiger partial charge in [0.1, 0.15) is 16.7 Å². The van der Waals surface area contributed by atoms with Crippen molar-refractivity contribution in [2.24, 2.45) is 5.41 Å². The first-order valence-electron chi connectivity index (χ1n) is 12.0. The standard InChI is InChI=1S/C24H37N3O5S/c1-23(2,3)8-12-26-13-9-24(10-14-26)11-15-32-20-6-4-5-7-21(20)33(30,31)27-17-18(28)16-19(27)22(29)25-24/h4-7,18-19,28H,8-17H2,1-3H3,(H,25,29)/t18-,19+/m1/s1. The molecular weight excluding hydrogens is 442 g/mol. The van der Waals surface area contributed by atoms with Crippen molar-refractivity contribution in [2.45, 2.75) is 75.5 Å². The minimum Gasteiger partial charge on any atom is -0.492 e. The molecule has 1 amide bonds. The van der Waals surface area contributed by atoms with E-state index in [0.29, 0.717) is 18.8 Å². The predicted molar refractivity (Wildman–Crippen MR) is 125 cm³/mol. The van der Waals surface area contributed by atoms with Crippen LogP contribution in [0.4, 0.5) is 0 Å². The first-order valence-corrected chi connectivity index (χ1v) is 13.4. The van der Waals surface area contributed by atoms with Crippen LogP contribution in [0, 0.1) is 5.41 Å². The van der Waals surface area contributed by atoms with E-state index in [4.69, 9.17) is 4.74 Å². The Labute approximate surface area is 197 Å². The fourth-order valence-corrected chi connectivity index (χ4v) is 6.80. The van der Waals surface area contributed by atoms with Gasteiger partial charge >= 0.3 is 0 Å². The van der Waals surface area contributed by atoms with Gasteiger partial charge in [0.05, 0.1) is 12.7 Å². The molecule has 1 aromatic rings. The van der Waals surface area contributed by atoms with Crippen molar-refractivity contribution in [3.8, 4) is 5.75 Å². The number of piperidine rings is 1. The van der Waals surface area contributed by atoms with Crippen molar-refractivity contribution in [3.63, 3.8) is 0 Å². The van der Waals surface area contributed by atoms with E-state index in [1.54, 1.807) is 18.2 Å². The lowest BCUT2D eigenvalue weighted by Crippen LogP contribution is -2.59. The number of aliphatic hydroxyl groups is 1. The normalized spacial score (nSPS) is 28.3. The van der Waals surface area contributed by atoms with E-state index in [1.807, 2.05) is 0 Å². The minimum absolute atomic E-state index is 0.0462. The van der Waals surface area contributed by atoms with Crippen molar-refractivity contribution >= 4 is 15.9 Å². The molecule has 184 valence electrons. The smallest absolute Gasteiger partial charge is 0.247 e. The number of amides is 1. The highest BCUT2D eigenvalue weighted by Crippen LogP contribution is 2.35. The van der Waals surface area contributed by atoms with Crippen molar-refractivity contribution in [1.82, 2.24) is 14.5 Å². The monoisotopic (exact) mass is 479 g/mol. The van der Waals surface area contributed by atoms with Crippen LogP contribution in [0.2, 0.25) is 0 Å². The first-order chi connectivity index (χ1) is 15.5. The van der Waals surface area contributed by atoms with E-state index in [9.17, 15) is 18.3 Å². The molecular formula is C24H37N3O5S. The molecule has 3 aliphatic rings. The van der Waals surface area contributed by atoms with Crippen LogP contribution in [-0.4, -0.2) is 79.1 Å². The van der Waals surface area contributed by atoms with E-state index in [0.717, 1.165) is 43.2 Å². The largest absolute Gasteiger partial charge is 0.492 e. The molecule has 0 radical (unpaired) electrons. The van der Waals surface area contributed by atoms with E-state index < -0.39 is 27.7 Å². The summed E-state index contributed by atoms with van der Waals surface area (Å²) in [5.41, 5.74) is -0.172. The maximum Gasteiger partial charge on any atom is 0.247 e. The summed E-state index contributed by atoms with van der Waals surface area (Å²) in [5, 5.41) is 13.5. The summed E-state index contributed by atoms with van der Waals surface area (Å²) in [6, 6.07) is 5.63. The molecule has 0 saturated carbocycles. The number of sulfonamides is 1. The minimum atomic E-state index is -3.99. The van der Waals surface area contributed by atoms with Crippen LogP contribution >= 0.6 is 0 Å². The second-order valence-corrected chi connectivity index (χ2v) is 12.8. The Balaban J connectivity index is 1.59. The zero-order valence-corrected chi connectivity index (χ0v) is 20.7. The Kier molecular flexibility index (Phi) is 6.79. The molecule has 2 atom stereocenters. The molecule has 0 unspecified atom stereocenters. The lowest BCUT2D eigenvalue weighted by atomic mass is 9.83. The Hall–Kier alpha value is -1.68. The molecule has 8 nitrogen and oxygen atoms in total. The topological polar surface area (TPSA) is 99.2 Å². The number of carbonyl (C=O) groups excluding carboxylic acids is 1. The van der Waals surface area contributed by atoms with Crippen LogP contribution in [0.3, 0.4) is 0 Å². The molecule has 0 bridgehead atoms. The molecule has 3 aliphatic heterocycles. The van der Waals surface area contributed by atoms with Crippen molar-refractivity contribution < 1.29 is 23.1 Å². The number of fused-ring (bicyclic) bond motifs is 2. The number of hydrogen-bond acceptors (Lipinski definition) is 6. The van der Waals surface area contributed by atoms with Crippen molar-refractivity contribution in [2.75, 3.05) is 32.8 Å². The maximum atomic E-state index is 13.4. The summed E-state index contributed by atoms with van der Waals surface area (Å²) in [6.07, 6.45) is 2.52. The Morgan fingerprint density at radius 2 is 1.88 bits per heavy atom. The quantitative estimate of drug-likeness (QED) is 0.673. The Bertz CT molecular complexity index is 967. The Morgan fingerprint density at radius 3 is 2.58 bits per heavy atom. The molecule has 9 heteroatoms. The fourth-order valence-electron chi connectivity index (χ4n) is 5.03. The maximum absolute atomic E-state index is 13.4. The molecule has 0 aliphatic carbocycles. The summed E-state index contributed by atoms with van der Waals surface area (Å²) < 4.78 is 34.0. The fraction of sp³-hybridized carbons (Fsp3) is 0.708. The molecule has 2 N–H and O–H groups in total. The van der Waals surface area contributed by atoms with E-state index in [1.165, 1.54) is 6.07 Å².